The molecule has 2 heterocycles. The predicted octanol–water partition coefficient (Wildman–Crippen LogP) is 1.22. The van der Waals surface area contributed by atoms with Crippen molar-refractivity contribution in [2.75, 3.05) is 20.6 Å². The van der Waals surface area contributed by atoms with Crippen molar-refractivity contribution in [3.05, 3.63) is 34.4 Å². The smallest absolute Gasteiger partial charge is 0.125 e. The van der Waals surface area contributed by atoms with Gasteiger partial charge in [0.2, 0.25) is 0 Å². The number of likely N-dealkylation sites (N-methyl/N-ethyl adjacent to an activating group) is 1. The highest BCUT2D eigenvalue weighted by Crippen LogP contribution is 2.29. The van der Waals surface area contributed by atoms with Crippen LogP contribution >= 0.6 is 11.6 Å². The summed E-state index contributed by atoms with van der Waals surface area (Å²) in [5.74, 6) is 0. The summed E-state index contributed by atoms with van der Waals surface area (Å²) in [6.07, 6.45) is 2.42. The fraction of sp³-hybridized carbons (Fsp3) is 0.538. The SMILES string of the molecule is Cc1c(C(O)c2c(Cl)cnn2CCN(C)C)cnn1C. The van der Waals surface area contributed by atoms with Gasteiger partial charge in [-0.2, -0.15) is 10.2 Å². The minimum absolute atomic E-state index is 0.472. The van der Waals surface area contributed by atoms with Crippen LogP contribution in [0, 0.1) is 6.92 Å². The Morgan fingerprint density at radius 1 is 1.35 bits per heavy atom. The molecule has 0 spiro atoms. The molecule has 0 amide bonds. The zero-order chi connectivity index (χ0) is 14.9. The first-order chi connectivity index (χ1) is 9.41. The van der Waals surface area contributed by atoms with Crippen molar-refractivity contribution >= 4 is 11.6 Å². The molecule has 0 aliphatic rings. The number of halogens is 1. The Hall–Kier alpha value is -1.37. The van der Waals surface area contributed by atoms with Crippen molar-refractivity contribution in [2.24, 2.45) is 7.05 Å². The summed E-state index contributed by atoms with van der Waals surface area (Å²) in [5.41, 5.74) is 2.28. The predicted molar refractivity (Wildman–Crippen MR) is 77.8 cm³/mol. The molecule has 20 heavy (non-hydrogen) atoms. The van der Waals surface area contributed by atoms with Crippen LogP contribution in [0.25, 0.3) is 0 Å². The zero-order valence-electron chi connectivity index (χ0n) is 12.2. The van der Waals surface area contributed by atoms with Crippen LogP contribution in [0.4, 0.5) is 0 Å². The Bertz CT molecular complexity index is 590. The number of aromatic nitrogens is 4. The number of aliphatic hydroxyl groups excluding tert-OH is 1. The van der Waals surface area contributed by atoms with E-state index in [-0.39, 0.29) is 0 Å². The lowest BCUT2D eigenvalue weighted by Crippen LogP contribution is -2.21. The van der Waals surface area contributed by atoms with Crippen molar-refractivity contribution in [1.82, 2.24) is 24.5 Å². The van der Waals surface area contributed by atoms with Crippen LogP contribution in [-0.4, -0.2) is 50.2 Å². The number of aryl methyl sites for hydroxylation is 1. The quantitative estimate of drug-likeness (QED) is 0.901. The van der Waals surface area contributed by atoms with E-state index < -0.39 is 6.10 Å². The van der Waals surface area contributed by atoms with Crippen molar-refractivity contribution in [1.29, 1.82) is 0 Å². The lowest BCUT2D eigenvalue weighted by Gasteiger charge is -2.16. The standard InChI is InChI=1S/C13H20ClN5O/c1-9-10(7-15-18(9)4)13(20)12-11(14)8-16-19(12)6-5-17(2)3/h7-8,13,20H,5-6H2,1-4H3. The lowest BCUT2D eigenvalue weighted by atomic mass is 10.1. The highest BCUT2D eigenvalue weighted by atomic mass is 35.5. The van der Waals surface area contributed by atoms with E-state index >= 15 is 0 Å². The van der Waals surface area contributed by atoms with E-state index in [1.54, 1.807) is 21.8 Å². The third kappa shape index (κ3) is 2.87. The van der Waals surface area contributed by atoms with Gasteiger partial charge in [0.15, 0.2) is 0 Å². The fourth-order valence-corrected chi connectivity index (χ4v) is 2.29. The summed E-state index contributed by atoms with van der Waals surface area (Å²) < 4.78 is 3.48. The lowest BCUT2D eigenvalue weighted by molar-refractivity contribution is 0.205. The molecule has 6 nitrogen and oxygen atoms in total. The summed E-state index contributed by atoms with van der Waals surface area (Å²) in [6.45, 7) is 3.41. The topological polar surface area (TPSA) is 59.1 Å². The van der Waals surface area contributed by atoms with E-state index in [1.165, 1.54) is 0 Å². The molecule has 7 heteroatoms. The molecule has 1 N–H and O–H groups in total. The molecule has 0 saturated carbocycles. The van der Waals surface area contributed by atoms with Gasteiger partial charge in [0, 0.05) is 24.8 Å². The second-order valence-corrected chi connectivity index (χ2v) is 5.52. The van der Waals surface area contributed by atoms with Crippen molar-refractivity contribution in [2.45, 2.75) is 19.6 Å². The molecule has 2 aromatic rings. The van der Waals surface area contributed by atoms with Gasteiger partial charge in [0.25, 0.3) is 0 Å². The summed E-state index contributed by atoms with van der Waals surface area (Å²) in [7, 11) is 5.83. The molecule has 0 saturated heterocycles. The van der Waals surface area contributed by atoms with Gasteiger partial charge in [-0.1, -0.05) is 11.6 Å². The molecule has 1 atom stereocenters. The molecule has 0 fully saturated rings. The average molecular weight is 298 g/mol. The van der Waals surface area contributed by atoms with Gasteiger partial charge in [-0.15, -0.1) is 0 Å². The minimum Gasteiger partial charge on any atom is -0.382 e. The molecule has 0 aromatic carbocycles. The van der Waals surface area contributed by atoms with E-state index in [9.17, 15) is 5.11 Å². The molecular weight excluding hydrogens is 278 g/mol. The van der Waals surface area contributed by atoms with E-state index in [4.69, 9.17) is 11.6 Å². The first-order valence-corrected chi connectivity index (χ1v) is 6.82. The van der Waals surface area contributed by atoms with Crippen molar-refractivity contribution in [3.8, 4) is 0 Å². The maximum atomic E-state index is 10.6. The minimum atomic E-state index is -0.819. The van der Waals surface area contributed by atoms with Gasteiger partial charge in [-0.25, -0.2) is 0 Å². The van der Waals surface area contributed by atoms with E-state index in [0.717, 1.165) is 17.8 Å². The Labute approximate surface area is 123 Å². The van der Waals surface area contributed by atoms with E-state index in [1.807, 2.05) is 28.1 Å². The van der Waals surface area contributed by atoms with E-state index in [2.05, 4.69) is 15.1 Å². The molecule has 0 radical (unpaired) electrons. The van der Waals surface area contributed by atoms with Gasteiger partial charge < -0.3 is 10.0 Å². The van der Waals surface area contributed by atoms with Gasteiger partial charge >= 0.3 is 0 Å². The van der Waals surface area contributed by atoms with Crippen LogP contribution in [-0.2, 0) is 13.6 Å². The maximum absolute atomic E-state index is 10.6. The second-order valence-electron chi connectivity index (χ2n) is 5.12. The highest BCUT2D eigenvalue weighted by molar-refractivity contribution is 6.31. The molecule has 110 valence electrons. The molecule has 0 aliphatic carbocycles. The fourth-order valence-electron chi connectivity index (χ4n) is 2.05. The van der Waals surface area contributed by atoms with Crippen molar-refractivity contribution < 1.29 is 5.11 Å². The molecule has 1 unspecified atom stereocenters. The number of hydrogen-bond acceptors (Lipinski definition) is 4. The Morgan fingerprint density at radius 3 is 2.60 bits per heavy atom. The first-order valence-electron chi connectivity index (χ1n) is 6.44. The van der Waals surface area contributed by atoms with Crippen LogP contribution in [0.2, 0.25) is 5.02 Å². The van der Waals surface area contributed by atoms with Crippen LogP contribution in [0.5, 0.6) is 0 Å². The average Bonchev–Trinajstić information content (AvgIpc) is 2.91. The Balaban J connectivity index is 2.31. The molecule has 2 rings (SSSR count). The third-order valence-corrected chi connectivity index (χ3v) is 3.71. The zero-order valence-corrected chi connectivity index (χ0v) is 13.0. The van der Waals surface area contributed by atoms with Gasteiger partial charge in [0.05, 0.1) is 29.7 Å². The normalized spacial score (nSPS) is 13.2. The number of nitrogens with zero attached hydrogens (tertiary/aromatic N) is 5. The molecular formula is C13H20ClN5O. The number of rotatable bonds is 5. The summed E-state index contributed by atoms with van der Waals surface area (Å²) in [4.78, 5) is 2.06. The summed E-state index contributed by atoms with van der Waals surface area (Å²) >= 11 is 6.18. The third-order valence-electron chi connectivity index (χ3n) is 3.42. The molecule has 0 bridgehead atoms. The van der Waals surface area contributed by atoms with Crippen molar-refractivity contribution in [3.63, 3.8) is 0 Å². The van der Waals surface area contributed by atoms with Crippen LogP contribution < -0.4 is 0 Å². The highest BCUT2D eigenvalue weighted by Gasteiger charge is 2.23. The summed E-state index contributed by atoms with van der Waals surface area (Å²) in [6, 6.07) is 0. The number of aliphatic hydroxyl groups is 1. The first kappa shape index (κ1) is 15.0. The number of hydrogen-bond donors (Lipinski definition) is 1. The van der Waals surface area contributed by atoms with Gasteiger partial charge in [0.1, 0.15) is 6.10 Å². The van der Waals surface area contributed by atoms with Crippen LogP contribution in [0.15, 0.2) is 12.4 Å². The van der Waals surface area contributed by atoms with Gasteiger partial charge in [-0.05, 0) is 21.0 Å². The summed E-state index contributed by atoms with van der Waals surface area (Å²) in [5, 5.41) is 19.5. The Morgan fingerprint density at radius 2 is 2.05 bits per heavy atom. The molecule has 2 aromatic heterocycles. The Kier molecular flexibility index (Phi) is 4.47. The van der Waals surface area contributed by atoms with Crippen LogP contribution in [0.3, 0.4) is 0 Å². The van der Waals surface area contributed by atoms with Gasteiger partial charge in [-0.3, -0.25) is 9.36 Å². The monoisotopic (exact) mass is 297 g/mol. The van der Waals surface area contributed by atoms with Crippen LogP contribution in [0.1, 0.15) is 23.1 Å². The van der Waals surface area contributed by atoms with E-state index in [0.29, 0.717) is 17.3 Å². The molecule has 0 aliphatic heterocycles. The second kappa shape index (κ2) is 5.95. The maximum Gasteiger partial charge on any atom is 0.125 e. The largest absolute Gasteiger partial charge is 0.382 e.